The standard InChI is InChI=1S/C77H54O4/c78-73(67-39-17-13-33-61(67)51-25-5-1-6-26-51)55-45-56(74(79)68-40-18-14-34-62(68)52-27-7-2-8-28-52)48-59(47-55)77(71-43-23-21-37-65(71)66-38-22-24-44-72(66)77)60-49-57(75(80)69-41-19-15-35-63(69)53-29-9-3-10-30-53)46-58(50-60)76(81)70-42-20-16-36-64(70)54-31-11-4-12-32-54/h1-3,5-7,9-11,13-27,29-50H,4,8,12,28H2. The largest absolute Gasteiger partial charge is 0.289 e. The van der Waals surface area contributed by atoms with Crippen LogP contribution in [0.1, 0.15) is 123 Å². The van der Waals surface area contributed by atoms with Gasteiger partial charge in [0.05, 0.1) is 5.41 Å². The van der Waals surface area contributed by atoms with Gasteiger partial charge in [-0.25, -0.2) is 0 Å². The Bertz CT molecular complexity index is 4250. The minimum atomic E-state index is -1.31. The molecule has 0 heterocycles. The molecule has 0 saturated carbocycles. The number of hydrogen-bond acceptors (Lipinski definition) is 4. The zero-order chi connectivity index (χ0) is 54.9. The van der Waals surface area contributed by atoms with Gasteiger partial charge in [0.2, 0.25) is 0 Å². The summed E-state index contributed by atoms with van der Waals surface area (Å²) in [6, 6.07) is 78.2. The second-order valence-corrected chi connectivity index (χ2v) is 21.0. The summed E-state index contributed by atoms with van der Waals surface area (Å²) in [6.07, 6.45) is 16.1. The first-order chi connectivity index (χ1) is 39.9. The molecule has 10 aromatic carbocycles. The molecule has 0 amide bonds. The smallest absolute Gasteiger partial charge is 0.193 e. The molecule has 0 N–H and O–H groups in total. The first-order valence-electron chi connectivity index (χ1n) is 27.8. The third-order valence-corrected chi connectivity index (χ3v) is 16.3. The van der Waals surface area contributed by atoms with Crippen LogP contribution in [0.4, 0.5) is 0 Å². The fraction of sp³-hybridized carbons (Fsp3) is 0.0649. The Morgan fingerprint density at radius 1 is 0.333 bits per heavy atom. The van der Waals surface area contributed by atoms with Gasteiger partial charge in [-0.3, -0.25) is 19.2 Å². The highest BCUT2D eigenvalue weighted by molar-refractivity contribution is 6.18. The molecular formula is C77H54O4. The summed E-state index contributed by atoms with van der Waals surface area (Å²) in [5.41, 5.74) is 13.9. The lowest BCUT2D eigenvalue weighted by Gasteiger charge is -2.35. The number of carbonyl (C=O) groups excluding carboxylic acids is 4. The summed E-state index contributed by atoms with van der Waals surface area (Å²) in [5, 5.41) is 0. The first kappa shape index (κ1) is 50.4. The maximum atomic E-state index is 15.9. The lowest BCUT2D eigenvalue weighted by atomic mass is 9.66. The van der Waals surface area contributed by atoms with Gasteiger partial charge in [0.15, 0.2) is 23.1 Å². The number of fused-ring (bicyclic) bond motifs is 3. The molecule has 81 heavy (non-hydrogen) atoms. The molecular weight excluding hydrogens is 989 g/mol. The van der Waals surface area contributed by atoms with E-state index in [2.05, 4.69) is 54.6 Å². The van der Waals surface area contributed by atoms with Gasteiger partial charge in [-0.1, -0.05) is 243 Å². The highest BCUT2D eigenvalue weighted by Crippen LogP contribution is 2.57. The minimum absolute atomic E-state index is 0.233. The van der Waals surface area contributed by atoms with Crippen molar-refractivity contribution < 1.29 is 19.2 Å². The van der Waals surface area contributed by atoms with E-state index in [0.717, 1.165) is 92.5 Å². The van der Waals surface area contributed by atoms with Crippen LogP contribution in [0.5, 0.6) is 0 Å². The summed E-state index contributed by atoms with van der Waals surface area (Å²) >= 11 is 0. The number of allylic oxidation sites excluding steroid dienone is 8. The normalized spacial score (nSPS) is 13.8. The SMILES string of the molecule is O=C(c1cc(C(=O)c2ccccc2-c2ccccc2)cc(C2(c3cc(C(=O)c4ccccc4C4=CC=CCC4)cc(C(=O)c4ccccc4-c4ccccc4)c3)c3ccccc3-c3ccccc32)c1)c1ccccc1C1=CCCC=C1. The van der Waals surface area contributed by atoms with Crippen LogP contribution in [-0.4, -0.2) is 23.1 Å². The van der Waals surface area contributed by atoms with Gasteiger partial charge in [-0.15, -0.1) is 0 Å². The van der Waals surface area contributed by atoms with E-state index in [0.29, 0.717) is 55.6 Å². The topological polar surface area (TPSA) is 68.3 Å². The minimum Gasteiger partial charge on any atom is -0.289 e. The molecule has 3 aliphatic rings. The second-order valence-electron chi connectivity index (χ2n) is 21.0. The van der Waals surface area contributed by atoms with Gasteiger partial charge in [-0.05, 0) is 140 Å². The van der Waals surface area contributed by atoms with Gasteiger partial charge in [0.1, 0.15) is 0 Å². The molecule has 0 aliphatic heterocycles. The van der Waals surface area contributed by atoms with Crippen molar-refractivity contribution in [2.24, 2.45) is 0 Å². The predicted octanol–water partition coefficient (Wildman–Crippen LogP) is 17.8. The summed E-state index contributed by atoms with van der Waals surface area (Å²) in [5.74, 6) is -0.989. The van der Waals surface area contributed by atoms with E-state index in [4.69, 9.17) is 0 Å². The summed E-state index contributed by atoms with van der Waals surface area (Å²) in [7, 11) is 0. The molecule has 0 spiro atoms. The molecule has 13 rings (SSSR count). The molecule has 4 nitrogen and oxygen atoms in total. The third kappa shape index (κ3) is 9.11. The van der Waals surface area contributed by atoms with Gasteiger partial charge >= 0.3 is 0 Å². The van der Waals surface area contributed by atoms with E-state index in [9.17, 15) is 0 Å². The van der Waals surface area contributed by atoms with Crippen molar-refractivity contribution in [2.45, 2.75) is 31.1 Å². The number of benzene rings is 10. The molecule has 4 heteroatoms. The zero-order valence-corrected chi connectivity index (χ0v) is 44.5. The molecule has 10 aromatic rings. The summed E-state index contributed by atoms with van der Waals surface area (Å²) in [4.78, 5) is 63.4. The van der Waals surface area contributed by atoms with Crippen molar-refractivity contribution in [3.8, 4) is 33.4 Å². The Kier molecular flexibility index (Phi) is 13.4. The lowest BCUT2D eigenvalue weighted by Crippen LogP contribution is -2.30. The van der Waals surface area contributed by atoms with Crippen molar-refractivity contribution in [3.05, 3.63) is 357 Å². The average molecular weight is 1040 g/mol. The van der Waals surface area contributed by atoms with E-state index >= 15 is 19.2 Å². The zero-order valence-electron chi connectivity index (χ0n) is 44.5. The molecule has 0 radical (unpaired) electrons. The predicted molar refractivity (Wildman–Crippen MR) is 327 cm³/mol. The number of ketones is 4. The second kappa shape index (κ2) is 21.6. The van der Waals surface area contributed by atoms with Crippen LogP contribution in [0.25, 0.3) is 44.5 Å². The van der Waals surface area contributed by atoms with Gasteiger partial charge < -0.3 is 0 Å². The molecule has 0 fully saturated rings. The Balaban J connectivity index is 1.11. The summed E-state index contributed by atoms with van der Waals surface area (Å²) in [6.45, 7) is 0. The number of rotatable bonds is 14. The molecule has 0 bridgehead atoms. The Morgan fingerprint density at radius 3 is 1.15 bits per heavy atom. The van der Waals surface area contributed by atoms with Crippen molar-refractivity contribution in [1.82, 2.24) is 0 Å². The van der Waals surface area contributed by atoms with Crippen molar-refractivity contribution >= 4 is 34.3 Å². The fourth-order valence-corrected chi connectivity index (χ4v) is 12.5. The average Bonchev–Trinajstić information content (AvgIpc) is 3.43. The fourth-order valence-electron chi connectivity index (χ4n) is 12.5. The molecule has 3 aliphatic carbocycles. The third-order valence-electron chi connectivity index (χ3n) is 16.3. The quantitative estimate of drug-likeness (QED) is 0.102. The van der Waals surface area contributed by atoms with E-state index < -0.39 is 5.41 Å². The highest BCUT2D eigenvalue weighted by atomic mass is 16.1. The Morgan fingerprint density at radius 2 is 0.716 bits per heavy atom. The van der Waals surface area contributed by atoms with Gasteiger partial charge in [-0.2, -0.15) is 0 Å². The number of carbonyl (C=O) groups is 4. The first-order valence-corrected chi connectivity index (χ1v) is 27.8. The molecule has 0 saturated heterocycles. The van der Waals surface area contributed by atoms with Crippen molar-refractivity contribution in [3.63, 3.8) is 0 Å². The maximum Gasteiger partial charge on any atom is 0.193 e. The van der Waals surface area contributed by atoms with Crippen molar-refractivity contribution in [1.29, 1.82) is 0 Å². The van der Waals surface area contributed by atoms with Crippen LogP contribution in [0.2, 0.25) is 0 Å². The lowest BCUT2D eigenvalue weighted by molar-refractivity contribution is 0.102. The molecule has 0 unspecified atom stereocenters. The van der Waals surface area contributed by atoms with Crippen LogP contribution < -0.4 is 0 Å². The van der Waals surface area contributed by atoms with Crippen LogP contribution in [0.15, 0.2) is 279 Å². The Hall–Kier alpha value is -10.2. The Labute approximate surface area is 472 Å². The van der Waals surface area contributed by atoms with Crippen molar-refractivity contribution in [2.75, 3.05) is 0 Å². The monoisotopic (exact) mass is 1040 g/mol. The van der Waals surface area contributed by atoms with Gasteiger partial charge in [0, 0.05) is 44.5 Å². The van der Waals surface area contributed by atoms with E-state index in [-0.39, 0.29) is 23.1 Å². The van der Waals surface area contributed by atoms with Crippen LogP contribution in [0, 0.1) is 0 Å². The van der Waals surface area contributed by atoms with E-state index in [1.54, 1.807) is 12.1 Å². The molecule has 0 atom stereocenters. The van der Waals surface area contributed by atoms with E-state index in [1.807, 2.05) is 212 Å². The molecule has 386 valence electrons. The molecule has 0 aromatic heterocycles. The van der Waals surface area contributed by atoms with Crippen LogP contribution in [0.3, 0.4) is 0 Å². The number of hydrogen-bond donors (Lipinski definition) is 0. The van der Waals surface area contributed by atoms with Gasteiger partial charge in [0.25, 0.3) is 0 Å². The van der Waals surface area contributed by atoms with E-state index in [1.165, 1.54) is 0 Å². The van der Waals surface area contributed by atoms with Crippen LogP contribution >= 0.6 is 0 Å². The van der Waals surface area contributed by atoms with Crippen LogP contribution in [-0.2, 0) is 5.41 Å². The summed E-state index contributed by atoms with van der Waals surface area (Å²) < 4.78 is 0. The maximum absolute atomic E-state index is 15.9. The highest BCUT2D eigenvalue weighted by Gasteiger charge is 2.47.